The van der Waals surface area contributed by atoms with Gasteiger partial charge < -0.3 is 5.11 Å². The van der Waals surface area contributed by atoms with E-state index >= 15 is 0 Å². The second-order valence-corrected chi connectivity index (χ2v) is 3.52. The molecule has 0 amide bonds. The summed E-state index contributed by atoms with van der Waals surface area (Å²) in [5.41, 5.74) is 0.434. The van der Waals surface area contributed by atoms with E-state index in [0.29, 0.717) is 23.3 Å². The summed E-state index contributed by atoms with van der Waals surface area (Å²) in [6, 6.07) is 1.27. The maximum absolute atomic E-state index is 10.7. The Bertz CT molecular complexity index is 396. The van der Waals surface area contributed by atoms with Crippen LogP contribution in [0.5, 0.6) is 0 Å². The van der Waals surface area contributed by atoms with E-state index in [9.17, 15) is 14.9 Å². The molecule has 0 aliphatic rings. The third kappa shape index (κ3) is 1.97. The minimum Gasteiger partial charge on any atom is -0.477 e. The highest BCUT2D eigenvalue weighted by Gasteiger charge is 2.20. The number of thiophene rings is 1. The molecule has 0 aromatic carbocycles. The number of rotatable bonds is 4. The number of hydrogen-bond donors (Lipinski definition) is 1. The van der Waals surface area contributed by atoms with Crippen molar-refractivity contribution >= 4 is 22.3 Å². The van der Waals surface area contributed by atoms with Crippen LogP contribution in [0.25, 0.3) is 0 Å². The van der Waals surface area contributed by atoms with Gasteiger partial charge in [-0.2, -0.15) is 0 Å². The molecule has 1 aromatic heterocycles. The summed E-state index contributed by atoms with van der Waals surface area (Å²) < 4.78 is 0. The van der Waals surface area contributed by atoms with Gasteiger partial charge in [0.05, 0.1) is 4.92 Å². The molecule has 0 aliphatic heterocycles. The van der Waals surface area contributed by atoms with Crippen molar-refractivity contribution in [1.82, 2.24) is 0 Å². The first-order valence-corrected chi connectivity index (χ1v) is 4.49. The van der Waals surface area contributed by atoms with Gasteiger partial charge in [-0.05, 0) is 12.0 Å². The molecule has 0 spiro atoms. The van der Waals surface area contributed by atoms with Gasteiger partial charge in [-0.3, -0.25) is 10.1 Å². The molecular formula is C8H7NO4S. The van der Waals surface area contributed by atoms with Crippen molar-refractivity contribution in [3.8, 4) is 0 Å². The molecule has 0 fully saturated rings. The fourth-order valence-electron chi connectivity index (χ4n) is 0.992. The van der Waals surface area contributed by atoms with Crippen molar-refractivity contribution in [1.29, 1.82) is 0 Å². The summed E-state index contributed by atoms with van der Waals surface area (Å²) in [7, 11) is 0. The van der Waals surface area contributed by atoms with Gasteiger partial charge in [0.2, 0.25) is 0 Å². The summed E-state index contributed by atoms with van der Waals surface area (Å²) in [6.07, 6.45) is 1.84. The first-order chi connectivity index (χ1) is 6.56. The SMILES string of the molecule is C=CCc1cc([N+](=O)[O-])sc1C(=O)O. The zero-order valence-electron chi connectivity index (χ0n) is 7.10. The lowest BCUT2D eigenvalue weighted by atomic mass is 10.2. The van der Waals surface area contributed by atoms with E-state index in [1.165, 1.54) is 12.1 Å². The van der Waals surface area contributed by atoms with Gasteiger partial charge >= 0.3 is 11.0 Å². The van der Waals surface area contributed by atoms with Gasteiger partial charge in [-0.25, -0.2) is 4.79 Å². The van der Waals surface area contributed by atoms with Crippen molar-refractivity contribution in [2.45, 2.75) is 6.42 Å². The minimum atomic E-state index is -1.14. The smallest absolute Gasteiger partial charge is 0.346 e. The number of carboxylic acid groups (broad SMARTS) is 1. The largest absolute Gasteiger partial charge is 0.477 e. The first kappa shape index (κ1) is 10.4. The lowest BCUT2D eigenvalue weighted by molar-refractivity contribution is -0.380. The van der Waals surface area contributed by atoms with Crippen molar-refractivity contribution in [2.75, 3.05) is 0 Å². The number of allylic oxidation sites excluding steroid dienone is 1. The third-order valence-electron chi connectivity index (χ3n) is 1.53. The van der Waals surface area contributed by atoms with E-state index in [0.717, 1.165) is 0 Å². The third-order valence-corrected chi connectivity index (χ3v) is 2.65. The van der Waals surface area contributed by atoms with Crippen LogP contribution in [-0.4, -0.2) is 16.0 Å². The molecule has 0 aliphatic carbocycles. The van der Waals surface area contributed by atoms with Gasteiger partial charge in [0.1, 0.15) is 4.88 Å². The molecule has 0 atom stereocenters. The van der Waals surface area contributed by atoms with Crippen molar-refractivity contribution in [3.63, 3.8) is 0 Å². The van der Waals surface area contributed by atoms with Crippen molar-refractivity contribution < 1.29 is 14.8 Å². The van der Waals surface area contributed by atoms with E-state index in [2.05, 4.69) is 6.58 Å². The van der Waals surface area contributed by atoms with E-state index in [1.54, 1.807) is 0 Å². The molecule has 0 saturated heterocycles. The lowest BCUT2D eigenvalue weighted by Gasteiger charge is -1.91. The van der Waals surface area contributed by atoms with Gasteiger partial charge in [0, 0.05) is 6.07 Å². The number of carbonyl (C=O) groups is 1. The molecule has 14 heavy (non-hydrogen) atoms. The molecule has 5 nitrogen and oxygen atoms in total. The average molecular weight is 213 g/mol. The Morgan fingerprint density at radius 2 is 2.43 bits per heavy atom. The van der Waals surface area contributed by atoms with Gasteiger partial charge in [-0.1, -0.05) is 17.4 Å². The van der Waals surface area contributed by atoms with E-state index < -0.39 is 10.9 Å². The van der Waals surface area contributed by atoms with Crippen LogP contribution in [0.15, 0.2) is 18.7 Å². The average Bonchev–Trinajstić information content (AvgIpc) is 2.49. The highest BCUT2D eigenvalue weighted by Crippen LogP contribution is 2.29. The lowest BCUT2D eigenvalue weighted by Crippen LogP contribution is -1.95. The predicted octanol–water partition coefficient (Wildman–Crippen LogP) is 2.08. The van der Waals surface area contributed by atoms with Crippen LogP contribution in [0.3, 0.4) is 0 Å². The normalized spacial score (nSPS) is 9.71. The molecular weight excluding hydrogens is 206 g/mol. The molecule has 0 radical (unpaired) electrons. The van der Waals surface area contributed by atoms with E-state index in [-0.39, 0.29) is 9.88 Å². The molecule has 1 rings (SSSR count). The minimum absolute atomic E-state index is 0.0107. The van der Waals surface area contributed by atoms with Crippen LogP contribution >= 0.6 is 11.3 Å². The summed E-state index contributed by atoms with van der Waals surface area (Å²) >= 11 is 0.669. The molecule has 6 heteroatoms. The number of nitro groups is 1. The Morgan fingerprint density at radius 3 is 2.86 bits per heavy atom. The summed E-state index contributed by atoms with van der Waals surface area (Å²) in [5, 5.41) is 19.0. The van der Waals surface area contributed by atoms with E-state index in [4.69, 9.17) is 5.11 Å². The number of hydrogen-bond acceptors (Lipinski definition) is 4. The molecule has 1 heterocycles. The Hall–Kier alpha value is -1.69. The Balaban J connectivity index is 3.18. The number of nitrogens with zero attached hydrogens (tertiary/aromatic N) is 1. The predicted molar refractivity (Wildman–Crippen MR) is 51.8 cm³/mol. The molecule has 74 valence electrons. The fraction of sp³-hybridized carbons (Fsp3) is 0.125. The summed E-state index contributed by atoms with van der Waals surface area (Å²) in [4.78, 5) is 20.5. The van der Waals surface area contributed by atoms with Crippen LogP contribution < -0.4 is 0 Å². The maximum Gasteiger partial charge on any atom is 0.346 e. The van der Waals surface area contributed by atoms with Gasteiger partial charge in [0.25, 0.3) is 0 Å². The Kier molecular flexibility index (Phi) is 2.98. The van der Waals surface area contributed by atoms with Gasteiger partial charge in [-0.15, -0.1) is 6.58 Å². The molecule has 0 saturated carbocycles. The Morgan fingerprint density at radius 1 is 1.79 bits per heavy atom. The number of aromatic carboxylic acids is 1. The van der Waals surface area contributed by atoms with E-state index in [1.807, 2.05) is 0 Å². The van der Waals surface area contributed by atoms with Crippen LogP contribution in [0.2, 0.25) is 0 Å². The molecule has 1 aromatic rings. The second kappa shape index (κ2) is 4.01. The monoisotopic (exact) mass is 213 g/mol. The standard InChI is InChI=1S/C8H7NO4S/c1-2-3-5-4-6(9(12)13)14-7(5)8(10)11/h2,4H,1,3H2,(H,10,11). The van der Waals surface area contributed by atoms with Crippen molar-refractivity contribution in [2.24, 2.45) is 0 Å². The van der Waals surface area contributed by atoms with Crippen LogP contribution in [0.4, 0.5) is 5.00 Å². The quantitative estimate of drug-likeness (QED) is 0.471. The number of carboxylic acids is 1. The topological polar surface area (TPSA) is 80.4 Å². The van der Waals surface area contributed by atoms with Crippen molar-refractivity contribution in [3.05, 3.63) is 39.3 Å². The summed E-state index contributed by atoms with van der Waals surface area (Å²) in [5.74, 6) is -1.14. The zero-order chi connectivity index (χ0) is 10.7. The highest BCUT2D eigenvalue weighted by molar-refractivity contribution is 7.17. The van der Waals surface area contributed by atoms with Crippen LogP contribution in [0, 0.1) is 10.1 Å². The molecule has 1 N–H and O–H groups in total. The molecule has 0 bridgehead atoms. The molecule has 0 unspecified atom stereocenters. The zero-order valence-corrected chi connectivity index (χ0v) is 7.91. The van der Waals surface area contributed by atoms with Gasteiger partial charge in [0.15, 0.2) is 0 Å². The fourth-order valence-corrected chi connectivity index (χ4v) is 1.84. The van der Waals surface area contributed by atoms with Crippen LogP contribution in [-0.2, 0) is 6.42 Å². The van der Waals surface area contributed by atoms with Crippen LogP contribution in [0.1, 0.15) is 15.2 Å². The maximum atomic E-state index is 10.7. The Labute approximate surface area is 83.5 Å². The summed E-state index contributed by atoms with van der Waals surface area (Å²) in [6.45, 7) is 3.45. The second-order valence-electron chi connectivity index (χ2n) is 2.49. The first-order valence-electron chi connectivity index (χ1n) is 3.67. The highest BCUT2D eigenvalue weighted by atomic mass is 32.1.